The summed E-state index contributed by atoms with van der Waals surface area (Å²) < 4.78 is 9.74. The van der Waals surface area contributed by atoms with Gasteiger partial charge in [-0.1, -0.05) is 0 Å². The molecule has 0 saturated carbocycles. The number of amides is 1. The highest BCUT2D eigenvalue weighted by Gasteiger charge is 2.10. The zero-order valence-electron chi connectivity index (χ0n) is 8.67. The van der Waals surface area contributed by atoms with Gasteiger partial charge >= 0.3 is 5.97 Å². The third-order valence-corrected chi connectivity index (χ3v) is 2.08. The van der Waals surface area contributed by atoms with Crippen LogP contribution < -0.4 is 5.32 Å². The number of carbonyl (C=O) groups excluding carboxylic acids is 1. The van der Waals surface area contributed by atoms with Crippen LogP contribution in [-0.4, -0.2) is 17.0 Å². The number of hydrogen-bond acceptors (Lipinski definition) is 4. The van der Waals surface area contributed by atoms with E-state index in [2.05, 4.69) is 5.32 Å². The Balaban J connectivity index is 1.93. The molecule has 0 aromatic carbocycles. The smallest absolute Gasteiger partial charge is 0.371 e. The molecule has 1 amide bonds. The molecule has 88 valence electrons. The SMILES string of the molecule is O=C(NCc1ccc(C(=O)O)o1)c1ccoc1. The molecule has 17 heavy (non-hydrogen) atoms. The van der Waals surface area contributed by atoms with Crippen LogP contribution in [0.1, 0.15) is 26.7 Å². The van der Waals surface area contributed by atoms with Crippen molar-refractivity contribution in [2.24, 2.45) is 0 Å². The van der Waals surface area contributed by atoms with Crippen molar-refractivity contribution in [3.05, 3.63) is 47.8 Å². The number of rotatable bonds is 4. The van der Waals surface area contributed by atoms with E-state index in [1.54, 1.807) is 0 Å². The van der Waals surface area contributed by atoms with Crippen LogP contribution in [0.4, 0.5) is 0 Å². The fourth-order valence-electron chi connectivity index (χ4n) is 1.25. The van der Waals surface area contributed by atoms with Crippen LogP contribution in [0.2, 0.25) is 0 Å². The van der Waals surface area contributed by atoms with Crippen molar-refractivity contribution in [3.8, 4) is 0 Å². The second kappa shape index (κ2) is 4.56. The number of aromatic carboxylic acids is 1. The van der Waals surface area contributed by atoms with Crippen molar-refractivity contribution >= 4 is 11.9 Å². The average Bonchev–Trinajstić information content (AvgIpc) is 2.97. The summed E-state index contributed by atoms with van der Waals surface area (Å²) in [7, 11) is 0. The molecule has 2 aromatic heterocycles. The third-order valence-electron chi connectivity index (χ3n) is 2.08. The minimum atomic E-state index is -1.14. The van der Waals surface area contributed by atoms with Gasteiger partial charge in [0.1, 0.15) is 12.0 Å². The highest BCUT2D eigenvalue weighted by atomic mass is 16.4. The maximum absolute atomic E-state index is 11.5. The van der Waals surface area contributed by atoms with E-state index in [0.29, 0.717) is 11.3 Å². The number of nitrogens with one attached hydrogen (secondary N) is 1. The lowest BCUT2D eigenvalue weighted by atomic mass is 10.3. The summed E-state index contributed by atoms with van der Waals surface area (Å²) in [5.41, 5.74) is 0.398. The van der Waals surface area contributed by atoms with E-state index in [1.165, 1.54) is 30.7 Å². The molecule has 0 bridgehead atoms. The lowest BCUT2D eigenvalue weighted by Gasteiger charge is -1.99. The highest BCUT2D eigenvalue weighted by molar-refractivity contribution is 5.93. The maximum Gasteiger partial charge on any atom is 0.371 e. The molecule has 0 spiro atoms. The molecule has 2 aromatic rings. The van der Waals surface area contributed by atoms with Gasteiger partial charge in [-0.15, -0.1) is 0 Å². The standard InChI is InChI=1S/C11H9NO5/c13-10(7-3-4-16-6-7)12-5-8-1-2-9(17-8)11(14)15/h1-4,6H,5H2,(H,12,13)(H,14,15). The Bertz CT molecular complexity index is 526. The summed E-state index contributed by atoms with van der Waals surface area (Å²) in [6.07, 6.45) is 2.71. The van der Waals surface area contributed by atoms with E-state index in [9.17, 15) is 9.59 Å². The van der Waals surface area contributed by atoms with E-state index in [0.717, 1.165) is 0 Å². The Hall–Kier alpha value is -2.50. The monoisotopic (exact) mass is 235 g/mol. The molecule has 0 saturated heterocycles. The van der Waals surface area contributed by atoms with Crippen molar-refractivity contribution in [3.63, 3.8) is 0 Å². The molecular formula is C11H9NO5. The van der Waals surface area contributed by atoms with Gasteiger partial charge in [0.05, 0.1) is 18.4 Å². The third kappa shape index (κ3) is 2.54. The number of carboxylic acid groups (broad SMARTS) is 1. The molecule has 2 N–H and O–H groups in total. The second-order valence-corrected chi connectivity index (χ2v) is 3.27. The Morgan fingerprint density at radius 1 is 1.29 bits per heavy atom. The molecule has 0 aliphatic rings. The molecule has 0 unspecified atom stereocenters. The zero-order chi connectivity index (χ0) is 12.3. The van der Waals surface area contributed by atoms with Crippen molar-refractivity contribution in [2.45, 2.75) is 6.54 Å². The second-order valence-electron chi connectivity index (χ2n) is 3.27. The normalized spacial score (nSPS) is 10.1. The quantitative estimate of drug-likeness (QED) is 0.837. The van der Waals surface area contributed by atoms with Crippen molar-refractivity contribution < 1.29 is 23.5 Å². The summed E-state index contributed by atoms with van der Waals surface area (Å²) >= 11 is 0. The van der Waals surface area contributed by atoms with E-state index in [-0.39, 0.29) is 18.2 Å². The largest absolute Gasteiger partial charge is 0.475 e. The van der Waals surface area contributed by atoms with Gasteiger partial charge in [0.25, 0.3) is 5.91 Å². The lowest BCUT2D eigenvalue weighted by Crippen LogP contribution is -2.21. The Morgan fingerprint density at radius 3 is 2.71 bits per heavy atom. The molecule has 6 nitrogen and oxygen atoms in total. The van der Waals surface area contributed by atoms with Crippen molar-refractivity contribution in [1.29, 1.82) is 0 Å². The average molecular weight is 235 g/mol. The predicted octanol–water partition coefficient (Wildman–Crippen LogP) is 1.50. The van der Waals surface area contributed by atoms with Gasteiger partial charge in [0.2, 0.25) is 5.76 Å². The van der Waals surface area contributed by atoms with Gasteiger partial charge in [-0.25, -0.2) is 4.79 Å². The molecule has 0 atom stereocenters. The minimum Gasteiger partial charge on any atom is -0.475 e. The van der Waals surface area contributed by atoms with Crippen LogP contribution >= 0.6 is 0 Å². The highest BCUT2D eigenvalue weighted by Crippen LogP contribution is 2.08. The van der Waals surface area contributed by atoms with Crippen LogP contribution in [-0.2, 0) is 6.54 Å². The first kappa shape index (κ1) is 11.0. The molecule has 0 aliphatic carbocycles. The molecule has 0 radical (unpaired) electrons. The minimum absolute atomic E-state index is 0.122. The first-order valence-corrected chi connectivity index (χ1v) is 4.79. The van der Waals surface area contributed by atoms with Gasteiger partial charge in [0.15, 0.2) is 0 Å². The summed E-state index contributed by atoms with van der Waals surface area (Å²) in [5, 5.41) is 11.2. The van der Waals surface area contributed by atoms with Crippen LogP contribution in [0.3, 0.4) is 0 Å². The van der Waals surface area contributed by atoms with Crippen LogP contribution in [0.15, 0.2) is 39.6 Å². The predicted molar refractivity (Wildman–Crippen MR) is 55.5 cm³/mol. The lowest BCUT2D eigenvalue weighted by molar-refractivity contribution is 0.0660. The topological polar surface area (TPSA) is 92.7 Å². The van der Waals surface area contributed by atoms with Gasteiger partial charge in [-0.2, -0.15) is 0 Å². The van der Waals surface area contributed by atoms with Gasteiger partial charge in [-0.05, 0) is 18.2 Å². The van der Waals surface area contributed by atoms with Crippen LogP contribution in [0.25, 0.3) is 0 Å². The molecule has 2 rings (SSSR count). The Morgan fingerprint density at radius 2 is 2.12 bits per heavy atom. The molecule has 0 aliphatic heterocycles. The van der Waals surface area contributed by atoms with E-state index in [4.69, 9.17) is 13.9 Å². The fraction of sp³-hybridized carbons (Fsp3) is 0.0909. The number of carbonyl (C=O) groups is 2. The fourth-order valence-corrected chi connectivity index (χ4v) is 1.25. The number of furan rings is 2. The van der Waals surface area contributed by atoms with Crippen LogP contribution in [0, 0.1) is 0 Å². The van der Waals surface area contributed by atoms with Gasteiger partial charge < -0.3 is 19.3 Å². The summed E-state index contributed by atoms with van der Waals surface area (Å²) in [6.45, 7) is 0.122. The summed E-state index contributed by atoms with van der Waals surface area (Å²) in [4.78, 5) is 22.0. The van der Waals surface area contributed by atoms with E-state index in [1.807, 2.05) is 0 Å². The number of hydrogen-bond donors (Lipinski definition) is 2. The van der Waals surface area contributed by atoms with Gasteiger partial charge in [-0.3, -0.25) is 4.79 Å². The van der Waals surface area contributed by atoms with Crippen molar-refractivity contribution in [2.75, 3.05) is 0 Å². The number of carboxylic acids is 1. The molecular weight excluding hydrogens is 226 g/mol. The van der Waals surface area contributed by atoms with Crippen molar-refractivity contribution in [1.82, 2.24) is 5.32 Å². The first-order chi connectivity index (χ1) is 8.16. The molecule has 6 heteroatoms. The van der Waals surface area contributed by atoms with E-state index >= 15 is 0 Å². The maximum atomic E-state index is 11.5. The summed E-state index contributed by atoms with van der Waals surface area (Å²) in [5.74, 6) is -1.23. The first-order valence-electron chi connectivity index (χ1n) is 4.79. The van der Waals surface area contributed by atoms with E-state index < -0.39 is 5.97 Å². The van der Waals surface area contributed by atoms with Gasteiger partial charge in [0, 0.05) is 0 Å². The Labute approximate surface area is 95.8 Å². The zero-order valence-corrected chi connectivity index (χ0v) is 8.67. The summed E-state index contributed by atoms with van der Waals surface area (Å²) in [6, 6.07) is 4.36. The molecule has 2 heterocycles. The molecule has 0 fully saturated rings. The van der Waals surface area contributed by atoms with Crippen LogP contribution in [0.5, 0.6) is 0 Å². The Kier molecular flexibility index (Phi) is 2.95.